The Hall–Kier alpha value is -0.860. The molecule has 0 atom stereocenters. The van der Waals surface area contributed by atoms with Gasteiger partial charge in [0.25, 0.3) is 0 Å². The van der Waals surface area contributed by atoms with E-state index in [0.717, 1.165) is 6.42 Å². The zero-order chi connectivity index (χ0) is 10.4. The molecular weight excluding hydrogens is 183 g/mol. The lowest BCUT2D eigenvalue weighted by molar-refractivity contribution is -0.141. The number of ether oxygens (including phenoxy) is 1. The van der Waals surface area contributed by atoms with Crippen LogP contribution in [0.25, 0.3) is 0 Å². The van der Waals surface area contributed by atoms with Gasteiger partial charge < -0.3 is 4.74 Å². The van der Waals surface area contributed by atoms with Crippen molar-refractivity contribution in [3.8, 4) is 0 Å². The normalized spacial score (nSPS) is 17.8. The first-order chi connectivity index (χ1) is 6.70. The highest BCUT2D eigenvalue weighted by atomic mass is 19.1. The molecule has 0 unspecified atom stereocenters. The van der Waals surface area contributed by atoms with E-state index in [1.807, 2.05) is 0 Å². The number of carbonyl (C=O) groups excluding carboxylic acids is 1. The standard InChI is InChI=1S/C11H17FO2/c1-9(12)11(13)14-8-7-10-5-3-2-4-6-10/h10H,1-8H2. The van der Waals surface area contributed by atoms with Crippen LogP contribution < -0.4 is 0 Å². The number of halogens is 1. The molecule has 2 nitrogen and oxygen atoms in total. The summed E-state index contributed by atoms with van der Waals surface area (Å²) in [5.74, 6) is -1.26. The van der Waals surface area contributed by atoms with Gasteiger partial charge in [-0.2, -0.15) is 4.39 Å². The van der Waals surface area contributed by atoms with Crippen molar-refractivity contribution in [2.45, 2.75) is 38.5 Å². The van der Waals surface area contributed by atoms with Gasteiger partial charge in [0.15, 0.2) is 0 Å². The summed E-state index contributed by atoms with van der Waals surface area (Å²) in [6.07, 6.45) is 7.15. The molecule has 0 N–H and O–H groups in total. The monoisotopic (exact) mass is 200 g/mol. The van der Waals surface area contributed by atoms with Crippen molar-refractivity contribution in [1.29, 1.82) is 0 Å². The molecule has 0 aliphatic heterocycles. The first-order valence-electron chi connectivity index (χ1n) is 5.21. The topological polar surface area (TPSA) is 26.3 Å². The van der Waals surface area contributed by atoms with Crippen LogP contribution in [0, 0.1) is 5.92 Å². The van der Waals surface area contributed by atoms with Crippen LogP contribution in [0.2, 0.25) is 0 Å². The lowest BCUT2D eigenvalue weighted by Crippen LogP contribution is -2.12. The molecule has 1 saturated carbocycles. The maximum atomic E-state index is 12.2. The predicted octanol–water partition coefficient (Wildman–Crippen LogP) is 2.98. The smallest absolute Gasteiger partial charge is 0.366 e. The summed E-state index contributed by atoms with van der Waals surface area (Å²) in [4.78, 5) is 10.7. The Morgan fingerprint density at radius 3 is 2.57 bits per heavy atom. The molecule has 0 spiro atoms. The highest BCUT2D eigenvalue weighted by Gasteiger charge is 2.14. The van der Waals surface area contributed by atoms with Crippen molar-refractivity contribution < 1.29 is 13.9 Å². The average molecular weight is 200 g/mol. The Morgan fingerprint density at radius 2 is 2.00 bits per heavy atom. The fourth-order valence-electron chi connectivity index (χ4n) is 1.87. The molecule has 1 fully saturated rings. The van der Waals surface area contributed by atoms with E-state index < -0.39 is 11.8 Å². The maximum absolute atomic E-state index is 12.2. The van der Waals surface area contributed by atoms with Crippen molar-refractivity contribution in [2.24, 2.45) is 5.92 Å². The maximum Gasteiger partial charge on any atom is 0.366 e. The molecule has 0 aromatic heterocycles. The SMILES string of the molecule is C=C(F)C(=O)OCCC1CCCCC1. The second-order valence-corrected chi connectivity index (χ2v) is 3.83. The highest BCUT2D eigenvalue weighted by Crippen LogP contribution is 2.26. The summed E-state index contributed by atoms with van der Waals surface area (Å²) in [6.45, 7) is 3.21. The summed E-state index contributed by atoms with van der Waals surface area (Å²) in [5.41, 5.74) is 0. The minimum atomic E-state index is -1.01. The third kappa shape index (κ3) is 3.90. The molecule has 0 bridgehead atoms. The number of carbonyl (C=O) groups is 1. The van der Waals surface area contributed by atoms with Gasteiger partial charge in [-0.05, 0) is 12.3 Å². The van der Waals surface area contributed by atoms with Crippen molar-refractivity contribution in [1.82, 2.24) is 0 Å². The van der Waals surface area contributed by atoms with Crippen molar-refractivity contribution in [2.75, 3.05) is 6.61 Å². The van der Waals surface area contributed by atoms with Gasteiger partial charge in [-0.1, -0.05) is 38.7 Å². The van der Waals surface area contributed by atoms with E-state index in [-0.39, 0.29) is 0 Å². The van der Waals surface area contributed by atoms with Crippen LogP contribution in [-0.2, 0) is 9.53 Å². The van der Waals surface area contributed by atoms with Crippen LogP contribution in [-0.4, -0.2) is 12.6 Å². The number of hydrogen-bond acceptors (Lipinski definition) is 2. The first-order valence-corrected chi connectivity index (χ1v) is 5.21. The minimum Gasteiger partial charge on any atom is -0.460 e. The van der Waals surface area contributed by atoms with Gasteiger partial charge in [0.2, 0.25) is 5.83 Å². The van der Waals surface area contributed by atoms with Gasteiger partial charge in [0, 0.05) is 0 Å². The van der Waals surface area contributed by atoms with Gasteiger partial charge in [-0.25, -0.2) is 4.79 Å². The van der Waals surface area contributed by atoms with E-state index in [0.29, 0.717) is 12.5 Å². The Bertz CT molecular complexity index is 207. The second-order valence-electron chi connectivity index (χ2n) is 3.83. The van der Waals surface area contributed by atoms with Crippen LogP contribution in [0.15, 0.2) is 12.4 Å². The summed E-state index contributed by atoms with van der Waals surface area (Å²) < 4.78 is 16.9. The van der Waals surface area contributed by atoms with Crippen molar-refractivity contribution >= 4 is 5.97 Å². The molecule has 14 heavy (non-hydrogen) atoms. The molecule has 1 aliphatic rings. The van der Waals surface area contributed by atoms with E-state index in [9.17, 15) is 9.18 Å². The predicted molar refractivity (Wildman–Crippen MR) is 52.4 cm³/mol. The molecule has 0 aromatic rings. The summed E-state index contributed by atoms with van der Waals surface area (Å²) >= 11 is 0. The third-order valence-corrected chi connectivity index (χ3v) is 2.71. The molecule has 3 heteroatoms. The quantitative estimate of drug-likeness (QED) is 0.515. The molecule has 0 aromatic carbocycles. The number of esters is 1. The summed E-state index contributed by atoms with van der Waals surface area (Å²) in [7, 11) is 0. The van der Waals surface area contributed by atoms with E-state index in [1.165, 1.54) is 32.1 Å². The lowest BCUT2D eigenvalue weighted by Gasteiger charge is -2.20. The van der Waals surface area contributed by atoms with E-state index >= 15 is 0 Å². The van der Waals surface area contributed by atoms with E-state index in [1.54, 1.807) is 0 Å². The van der Waals surface area contributed by atoms with Gasteiger partial charge in [0.05, 0.1) is 6.61 Å². The van der Waals surface area contributed by atoms with E-state index in [4.69, 9.17) is 4.74 Å². The number of rotatable bonds is 4. The van der Waals surface area contributed by atoms with Gasteiger partial charge in [-0.15, -0.1) is 0 Å². The second kappa shape index (κ2) is 5.78. The fourth-order valence-corrected chi connectivity index (χ4v) is 1.87. The van der Waals surface area contributed by atoms with Crippen LogP contribution >= 0.6 is 0 Å². The first kappa shape index (κ1) is 11.2. The summed E-state index contributed by atoms with van der Waals surface area (Å²) in [5, 5.41) is 0. The zero-order valence-corrected chi connectivity index (χ0v) is 8.43. The van der Waals surface area contributed by atoms with Gasteiger partial charge in [-0.3, -0.25) is 0 Å². The Morgan fingerprint density at radius 1 is 1.36 bits per heavy atom. The Kier molecular flexibility index (Phi) is 4.63. The highest BCUT2D eigenvalue weighted by molar-refractivity contribution is 5.85. The average Bonchev–Trinajstić information content (AvgIpc) is 2.19. The van der Waals surface area contributed by atoms with Crippen LogP contribution in [0.4, 0.5) is 4.39 Å². The third-order valence-electron chi connectivity index (χ3n) is 2.71. The molecule has 1 rings (SSSR count). The molecule has 0 saturated heterocycles. The molecule has 0 amide bonds. The lowest BCUT2D eigenvalue weighted by atomic mass is 9.87. The van der Waals surface area contributed by atoms with Crippen LogP contribution in [0.5, 0.6) is 0 Å². The van der Waals surface area contributed by atoms with Crippen molar-refractivity contribution in [3.63, 3.8) is 0 Å². The van der Waals surface area contributed by atoms with Crippen molar-refractivity contribution in [3.05, 3.63) is 12.4 Å². The Labute approximate surface area is 84.1 Å². The van der Waals surface area contributed by atoms with Crippen LogP contribution in [0.1, 0.15) is 38.5 Å². The number of hydrogen-bond donors (Lipinski definition) is 0. The zero-order valence-electron chi connectivity index (χ0n) is 8.43. The molecule has 0 heterocycles. The van der Waals surface area contributed by atoms with Gasteiger partial charge in [0.1, 0.15) is 0 Å². The van der Waals surface area contributed by atoms with E-state index in [2.05, 4.69) is 6.58 Å². The van der Waals surface area contributed by atoms with Gasteiger partial charge >= 0.3 is 5.97 Å². The molecule has 1 aliphatic carbocycles. The fraction of sp³-hybridized carbons (Fsp3) is 0.727. The molecule has 80 valence electrons. The summed E-state index contributed by atoms with van der Waals surface area (Å²) in [6, 6.07) is 0. The minimum absolute atomic E-state index is 0.326. The van der Waals surface area contributed by atoms with Crippen LogP contribution in [0.3, 0.4) is 0 Å². The Balaban J connectivity index is 2.08. The largest absolute Gasteiger partial charge is 0.460 e. The molecular formula is C11H17FO2. The molecule has 0 radical (unpaired) electrons.